The molecule has 50 heavy (non-hydrogen) atoms. The quantitative estimate of drug-likeness (QED) is 0.125. The molecule has 2 aliphatic carbocycles. The lowest BCUT2D eigenvalue weighted by Gasteiger charge is -2.32. The topological polar surface area (TPSA) is 158 Å². The summed E-state index contributed by atoms with van der Waals surface area (Å²) in [5, 5.41) is 50.2. The summed E-state index contributed by atoms with van der Waals surface area (Å²) in [6.07, 6.45) is -9.16. The zero-order valence-corrected chi connectivity index (χ0v) is 26.9. The van der Waals surface area contributed by atoms with Crippen LogP contribution in [0, 0.1) is 11.6 Å². The van der Waals surface area contributed by atoms with Gasteiger partial charge < -0.3 is 40.5 Å². The van der Waals surface area contributed by atoms with Gasteiger partial charge in [-0.2, -0.15) is 0 Å². The molecule has 262 valence electrons. The molecule has 12 heteroatoms. The Morgan fingerprint density at radius 1 is 0.620 bits per heavy atom. The highest BCUT2D eigenvalue weighted by Gasteiger charge is 2.44. The van der Waals surface area contributed by atoms with Crippen molar-refractivity contribution in [3.05, 3.63) is 142 Å². The van der Waals surface area contributed by atoms with Gasteiger partial charge in [-0.25, -0.2) is 8.78 Å². The number of nitrogens with one attached hydrogen (secondary N) is 2. The second-order valence-corrected chi connectivity index (χ2v) is 12.6. The van der Waals surface area contributed by atoms with E-state index in [1.807, 2.05) is 24.3 Å². The first kappa shape index (κ1) is 35.3. The molecule has 0 fully saturated rings. The van der Waals surface area contributed by atoms with Crippen LogP contribution in [0.5, 0.6) is 0 Å². The number of aliphatic hydroxyl groups is 4. The lowest BCUT2D eigenvalue weighted by atomic mass is 9.99. The van der Waals surface area contributed by atoms with E-state index in [1.165, 1.54) is 48.5 Å². The number of hydrogen-bond donors (Lipinski definition) is 6. The van der Waals surface area contributed by atoms with Crippen molar-refractivity contribution in [1.29, 1.82) is 0 Å². The van der Waals surface area contributed by atoms with Crippen LogP contribution < -0.4 is 10.6 Å². The maximum absolute atomic E-state index is 13.9. The van der Waals surface area contributed by atoms with Crippen LogP contribution in [-0.4, -0.2) is 68.9 Å². The maximum atomic E-state index is 13.9. The summed E-state index contributed by atoms with van der Waals surface area (Å²) >= 11 is 0. The van der Waals surface area contributed by atoms with E-state index in [0.29, 0.717) is 22.3 Å². The minimum atomic E-state index is -2.08. The molecule has 8 atom stereocenters. The summed E-state index contributed by atoms with van der Waals surface area (Å²) in [7, 11) is 0. The monoisotopic (exact) mass is 688 g/mol. The number of benzene rings is 4. The summed E-state index contributed by atoms with van der Waals surface area (Å²) in [5.74, 6) is -2.77. The van der Waals surface area contributed by atoms with Gasteiger partial charge in [-0.05, 0) is 57.6 Å². The van der Waals surface area contributed by atoms with Gasteiger partial charge in [0.2, 0.25) is 0 Å². The Hall–Kier alpha value is -4.56. The molecule has 4 aromatic carbocycles. The van der Waals surface area contributed by atoms with E-state index in [2.05, 4.69) is 10.6 Å². The van der Waals surface area contributed by atoms with Gasteiger partial charge in [0.1, 0.15) is 23.8 Å². The highest BCUT2D eigenvalue weighted by Crippen LogP contribution is 2.33. The summed E-state index contributed by atoms with van der Waals surface area (Å²) in [6, 6.07) is 23.1. The van der Waals surface area contributed by atoms with Crippen LogP contribution in [0.25, 0.3) is 0 Å². The fourth-order valence-electron chi connectivity index (χ4n) is 6.52. The van der Waals surface area contributed by atoms with Crippen molar-refractivity contribution in [1.82, 2.24) is 10.6 Å². The number of ether oxygens (including phenoxy) is 2. The molecule has 0 aromatic heterocycles. The standard InChI is InChI=1S/C38H38F2N2O8/c39-25-13-9-21(10-14-25)19-49-35(37(47)41-31-27-7-3-1-5-23(27)17-29(31)43)33(45)34(46)36(50-20-22-11-15-26(40)16-12-22)38(48)42-32-28-8-4-2-6-24(28)18-30(32)44/h1-16,29-36,43-46H,17-20H2,(H,41,47)(H,42,48)/t29-,30-,31+,32+,33-,34-,35-,36-/m1/s1. The van der Waals surface area contributed by atoms with Crippen molar-refractivity contribution in [2.24, 2.45) is 0 Å². The molecule has 0 saturated heterocycles. The first-order valence-electron chi connectivity index (χ1n) is 16.3. The van der Waals surface area contributed by atoms with Crippen LogP contribution in [0.2, 0.25) is 0 Å². The van der Waals surface area contributed by atoms with Crippen molar-refractivity contribution < 1.29 is 48.3 Å². The Kier molecular flexibility index (Phi) is 11.0. The maximum Gasteiger partial charge on any atom is 0.252 e. The SMILES string of the molecule is O=C(N[C@H]1c2ccccc2C[C@H]1O)[C@H](OCc1ccc(F)cc1)[C@H](O)[C@@H](O)[C@@H](OCc1ccc(F)cc1)C(=O)N[C@H]1c2ccccc2C[C@H]1O. The van der Waals surface area contributed by atoms with Crippen LogP contribution in [-0.2, 0) is 45.1 Å². The van der Waals surface area contributed by atoms with Crippen molar-refractivity contribution in [2.45, 2.75) is 74.8 Å². The minimum Gasteiger partial charge on any atom is -0.390 e. The number of rotatable bonds is 13. The summed E-state index contributed by atoms with van der Waals surface area (Å²) in [5.41, 5.74) is 3.92. The summed E-state index contributed by atoms with van der Waals surface area (Å²) in [4.78, 5) is 27.7. The number of hydrogen-bond acceptors (Lipinski definition) is 8. The van der Waals surface area contributed by atoms with Crippen molar-refractivity contribution in [3.8, 4) is 0 Å². The summed E-state index contributed by atoms with van der Waals surface area (Å²) in [6.45, 7) is -0.575. The smallest absolute Gasteiger partial charge is 0.252 e. The molecule has 0 radical (unpaired) electrons. The number of carbonyl (C=O) groups excluding carboxylic acids is 2. The second kappa shape index (κ2) is 15.5. The third-order valence-corrected chi connectivity index (χ3v) is 9.18. The third kappa shape index (κ3) is 7.91. The van der Waals surface area contributed by atoms with Crippen LogP contribution >= 0.6 is 0 Å². The van der Waals surface area contributed by atoms with Gasteiger partial charge in [0.05, 0.1) is 37.5 Å². The number of aliphatic hydroxyl groups excluding tert-OH is 4. The van der Waals surface area contributed by atoms with E-state index in [4.69, 9.17) is 9.47 Å². The molecule has 2 aliphatic rings. The lowest BCUT2D eigenvalue weighted by Crippen LogP contribution is -2.57. The van der Waals surface area contributed by atoms with E-state index in [1.54, 1.807) is 24.3 Å². The van der Waals surface area contributed by atoms with Crippen LogP contribution in [0.15, 0.2) is 97.1 Å². The Labute approximate surface area is 287 Å². The zero-order valence-electron chi connectivity index (χ0n) is 26.9. The fraction of sp³-hybridized carbons (Fsp3) is 0.316. The van der Waals surface area contributed by atoms with Crippen molar-refractivity contribution in [2.75, 3.05) is 0 Å². The Morgan fingerprint density at radius 2 is 0.980 bits per heavy atom. The first-order chi connectivity index (χ1) is 24.1. The van der Waals surface area contributed by atoms with E-state index < -0.39 is 72.2 Å². The van der Waals surface area contributed by atoms with Crippen molar-refractivity contribution in [3.63, 3.8) is 0 Å². The van der Waals surface area contributed by atoms with Crippen molar-refractivity contribution >= 4 is 11.8 Å². The molecular formula is C38H38F2N2O8. The number of fused-ring (bicyclic) bond motifs is 2. The molecule has 0 spiro atoms. The van der Waals surface area contributed by atoms with Gasteiger partial charge in [0.15, 0.2) is 12.2 Å². The number of carbonyl (C=O) groups is 2. The summed E-state index contributed by atoms with van der Waals surface area (Å²) < 4.78 is 38.9. The normalized spacial score (nSPS) is 21.8. The third-order valence-electron chi connectivity index (χ3n) is 9.18. The average molecular weight is 689 g/mol. The molecule has 0 saturated carbocycles. The highest BCUT2D eigenvalue weighted by atomic mass is 19.1. The zero-order chi connectivity index (χ0) is 35.4. The Morgan fingerprint density at radius 3 is 1.36 bits per heavy atom. The van der Waals surface area contributed by atoms with Gasteiger partial charge in [-0.1, -0.05) is 72.8 Å². The first-order valence-corrected chi connectivity index (χ1v) is 16.3. The van der Waals surface area contributed by atoms with Crippen LogP contribution in [0.3, 0.4) is 0 Å². The predicted octanol–water partition coefficient (Wildman–Crippen LogP) is 2.71. The Bertz CT molecular complexity index is 1660. The average Bonchev–Trinajstić information content (AvgIpc) is 3.60. The lowest BCUT2D eigenvalue weighted by molar-refractivity contribution is -0.171. The molecule has 10 nitrogen and oxygen atoms in total. The molecule has 0 aliphatic heterocycles. The molecule has 6 rings (SSSR count). The van der Waals surface area contributed by atoms with Gasteiger partial charge in [0.25, 0.3) is 11.8 Å². The highest BCUT2D eigenvalue weighted by molar-refractivity contribution is 5.84. The van der Waals surface area contributed by atoms with E-state index in [9.17, 15) is 38.8 Å². The Balaban J connectivity index is 1.26. The van der Waals surface area contributed by atoms with E-state index >= 15 is 0 Å². The number of halogens is 2. The van der Waals surface area contributed by atoms with Gasteiger partial charge >= 0.3 is 0 Å². The molecule has 6 N–H and O–H groups in total. The van der Waals surface area contributed by atoms with E-state index in [0.717, 1.165) is 11.1 Å². The molecule has 4 aromatic rings. The molecule has 0 bridgehead atoms. The molecule has 0 unspecified atom stereocenters. The molecule has 2 amide bonds. The minimum absolute atomic E-state index is 0.281. The van der Waals surface area contributed by atoms with Crippen LogP contribution in [0.1, 0.15) is 45.5 Å². The van der Waals surface area contributed by atoms with Gasteiger partial charge in [0, 0.05) is 12.8 Å². The van der Waals surface area contributed by atoms with Crippen LogP contribution in [0.4, 0.5) is 8.78 Å². The van der Waals surface area contributed by atoms with Gasteiger partial charge in [-0.15, -0.1) is 0 Å². The second-order valence-electron chi connectivity index (χ2n) is 12.6. The van der Waals surface area contributed by atoms with Gasteiger partial charge in [-0.3, -0.25) is 9.59 Å². The largest absolute Gasteiger partial charge is 0.390 e. The van der Waals surface area contributed by atoms with E-state index in [-0.39, 0.29) is 26.1 Å². The predicted molar refractivity (Wildman–Crippen MR) is 176 cm³/mol. The number of amides is 2. The molecule has 0 heterocycles. The fourth-order valence-corrected chi connectivity index (χ4v) is 6.52. The molecular weight excluding hydrogens is 650 g/mol.